The molecule has 5 aromatic rings. The summed E-state index contributed by atoms with van der Waals surface area (Å²) in [7, 11) is 1.66. The minimum Gasteiger partial charge on any atom is -0.494 e. The number of rotatable bonds is 9. The lowest BCUT2D eigenvalue weighted by atomic mass is 9.53. The van der Waals surface area contributed by atoms with E-state index in [4.69, 9.17) is 9.72 Å². The lowest BCUT2D eigenvalue weighted by molar-refractivity contribution is -0.0204. The zero-order chi connectivity index (χ0) is 33.8. The molecule has 10 rings (SSSR count). The fourth-order valence-electron chi connectivity index (χ4n) is 9.44. The molecule has 3 unspecified atom stereocenters. The Hall–Kier alpha value is -5.12. The molecule has 0 radical (unpaired) electrons. The zero-order valence-electron chi connectivity index (χ0n) is 28.0. The van der Waals surface area contributed by atoms with Gasteiger partial charge in [-0.05, 0) is 97.9 Å². The van der Waals surface area contributed by atoms with E-state index >= 15 is 0 Å². The molecular formula is C40H39N5O5. The van der Waals surface area contributed by atoms with Crippen molar-refractivity contribution < 1.29 is 24.2 Å². The van der Waals surface area contributed by atoms with Gasteiger partial charge in [-0.3, -0.25) is 9.59 Å². The van der Waals surface area contributed by atoms with Gasteiger partial charge in [-0.2, -0.15) is 0 Å². The lowest BCUT2D eigenvalue weighted by Crippen LogP contribution is -2.53. The van der Waals surface area contributed by atoms with Crippen molar-refractivity contribution in [3.63, 3.8) is 0 Å². The SMILES string of the molecule is COc1cc(C(=O)N2CC3CC4CC2[C@H]43)cc2nc(-c3cc4ccccc4n3CC3CC3)n(CC3CN(C(=O)c4ccc(C(=O)O)cc4)C3)c12. The number of fused-ring (bicyclic) bond motifs is 2. The predicted octanol–water partition coefficient (Wildman–Crippen LogP) is 6.03. The quantitative estimate of drug-likeness (QED) is 0.205. The van der Waals surface area contributed by atoms with E-state index < -0.39 is 5.97 Å². The minimum absolute atomic E-state index is 0.0755. The molecule has 3 aromatic carbocycles. The molecule has 3 aliphatic carbocycles. The van der Waals surface area contributed by atoms with E-state index in [-0.39, 0.29) is 23.3 Å². The van der Waals surface area contributed by atoms with Crippen molar-refractivity contribution in [2.75, 3.05) is 26.7 Å². The maximum absolute atomic E-state index is 14.0. The summed E-state index contributed by atoms with van der Waals surface area (Å²) in [4.78, 5) is 47.9. The summed E-state index contributed by atoms with van der Waals surface area (Å²) in [5.74, 6) is 3.43. The molecule has 10 heteroatoms. The van der Waals surface area contributed by atoms with Gasteiger partial charge in [0.2, 0.25) is 0 Å². The summed E-state index contributed by atoms with van der Waals surface area (Å²) < 4.78 is 10.7. The van der Waals surface area contributed by atoms with Gasteiger partial charge in [0.05, 0.1) is 23.9 Å². The van der Waals surface area contributed by atoms with E-state index in [1.807, 2.05) is 17.0 Å². The topological polar surface area (TPSA) is 110 Å². The third kappa shape index (κ3) is 4.53. The number of imidazole rings is 1. The summed E-state index contributed by atoms with van der Waals surface area (Å²) in [6.07, 6.45) is 4.85. The van der Waals surface area contributed by atoms with E-state index in [9.17, 15) is 19.5 Å². The number of carboxylic acids is 1. The number of nitrogens with zero attached hydrogens (tertiary/aromatic N) is 5. The highest BCUT2D eigenvalue weighted by Gasteiger charge is 2.61. The van der Waals surface area contributed by atoms with Crippen LogP contribution < -0.4 is 4.74 Å². The number of benzene rings is 3. The van der Waals surface area contributed by atoms with Crippen LogP contribution in [-0.4, -0.2) is 79.6 Å². The molecule has 0 spiro atoms. The Morgan fingerprint density at radius 2 is 1.58 bits per heavy atom. The molecule has 5 aliphatic rings. The highest BCUT2D eigenvalue weighted by Crippen LogP contribution is 2.60. The van der Waals surface area contributed by atoms with Gasteiger partial charge < -0.3 is 28.8 Å². The molecule has 10 nitrogen and oxygen atoms in total. The second-order valence-electron chi connectivity index (χ2n) is 15.3. The summed E-state index contributed by atoms with van der Waals surface area (Å²) in [5.41, 5.74) is 5.10. The van der Waals surface area contributed by atoms with E-state index in [0.717, 1.165) is 48.0 Å². The van der Waals surface area contributed by atoms with Crippen LogP contribution in [0, 0.1) is 29.6 Å². The molecule has 50 heavy (non-hydrogen) atoms. The maximum Gasteiger partial charge on any atom is 0.335 e. The Bertz CT molecular complexity index is 2230. The van der Waals surface area contributed by atoms with Crippen LogP contribution in [0.3, 0.4) is 0 Å². The molecule has 2 aromatic heterocycles. The number of amides is 2. The highest BCUT2D eigenvalue weighted by atomic mass is 16.5. The van der Waals surface area contributed by atoms with Gasteiger partial charge in [0.1, 0.15) is 11.3 Å². The number of carbonyl (C=O) groups excluding carboxylic acids is 2. The number of carboxylic acid groups (broad SMARTS) is 1. The number of aromatic nitrogens is 3. The molecule has 3 saturated carbocycles. The van der Waals surface area contributed by atoms with Gasteiger partial charge in [-0.25, -0.2) is 9.78 Å². The van der Waals surface area contributed by atoms with E-state index in [1.54, 1.807) is 19.2 Å². The number of aromatic carboxylic acids is 1. The van der Waals surface area contributed by atoms with E-state index in [2.05, 4.69) is 44.4 Å². The number of hydrogen-bond acceptors (Lipinski definition) is 5. The third-order valence-electron chi connectivity index (χ3n) is 12.3. The van der Waals surface area contributed by atoms with Crippen molar-refractivity contribution in [3.8, 4) is 17.3 Å². The Morgan fingerprint density at radius 3 is 2.30 bits per heavy atom. The van der Waals surface area contributed by atoms with Crippen molar-refractivity contribution >= 4 is 39.7 Å². The molecule has 1 N–H and O–H groups in total. The summed E-state index contributed by atoms with van der Waals surface area (Å²) in [6.45, 7) is 3.55. The van der Waals surface area contributed by atoms with Crippen LogP contribution in [0.1, 0.15) is 56.8 Å². The number of methoxy groups -OCH3 is 1. The van der Waals surface area contributed by atoms with Gasteiger partial charge in [0.15, 0.2) is 5.82 Å². The first-order valence-electron chi connectivity index (χ1n) is 17.9. The number of hydrogen-bond donors (Lipinski definition) is 1. The summed E-state index contributed by atoms with van der Waals surface area (Å²) in [5, 5.41) is 10.4. The monoisotopic (exact) mass is 669 g/mol. The van der Waals surface area contributed by atoms with Crippen molar-refractivity contribution in [2.45, 2.75) is 44.8 Å². The van der Waals surface area contributed by atoms with E-state index in [1.165, 1.54) is 42.3 Å². The van der Waals surface area contributed by atoms with Crippen molar-refractivity contribution in [2.24, 2.45) is 29.6 Å². The first-order valence-corrected chi connectivity index (χ1v) is 17.9. The average Bonchev–Trinajstić information content (AvgIpc) is 3.75. The lowest BCUT2D eigenvalue weighted by Gasteiger charge is -2.52. The van der Waals surface area contributed by atoms with Gasteiger partial charge in [0.25, 0.3) is 11.8 Å². The largest absolute Gasteiger partial charge is 0.494 e. The number of ether oxygens (including phenoxy) is 1. The van der Waals surface area contributed by atoms with Gasteiger partial charge in [0, 0.05) is 66.7 Å². The van der Waals surface area contributed by atoms with Gasteiger partial charge >= 0.3 is 5.97 Å². The number of carbonyl (C=O) groups is 3. The Morgan fingerprint density at radius 1 is 0.820 bits per heavy atom. The summed E-state index contributed by atoms with van der Waals surface area (Å²) >= 11 is 0. The minimum atomic E-state index is -1.01. The second-order valence-corrected chi connectivity index (χ2v) is 15.3. The van der Waals surface area contributed by atoms with Crippen LogP contribution in [0.25, 0.3) is 33.5 Å². The van der Waals surface area contributed by atoms with Crippen molar-refractivity contribution in [1.82, 2.24) is 23.9 Å². The average molecular weight is 670 g/mol. The smallest absolute Gasteiger partial charge is 0.335 e. The Labute approximate surface area is 289 Å². The summed E-state index contributed by atoms with van der Waals surface area (Å²) in [6, 6.07) is 21.1. The predicted molar refractivity (Wildman–Crippen MR) is 187 cm³/mol. The molecule has 0 bridgehead atoms. The molecule has 2 saturated heterocycles. The Balaban J connectivity index is 1.02. The fraction of sp³-hybridized carbons (Fsp3) is 0.400. The zero-order valence-corrected chi connectivity index (χ0v) is 28.0. The van der Waals surface area contributed by atoms with E-state index in [0.29, 0.717) is 60.3 Å². The van der Waals surface area contributed by atoms with Crippen LogP contribution in [-0.2, 0) is 13.1 Å². The third-order valence-corrected chi connectivity index (χ3v) is 12.3. The van der Waals surface area contributed by atoms with Crippen LogP contribution in [0.4, 0.5) is 0 Å². The molecule has 4 atom stereocenters. The number of likely N-dealkylation sites (tertiary alicyclic amines) is 2. The first-order chi connectivity index (χ1) is 24.3. The molecule has 2 amide bonds. The molecule has 2 aliphatic heterocycles. The molecule has 5 fully saturated rings. The normalized spacial score (nSPS) is 23.8. The van der Waals surface area contributed by atoms with Crippen LogP contribution in [0.5, 0.6) is 5.75 Å². The van der Waals surface area contributed by atoms with Crippen LogP contribution in [0.15, 0.2) is 66.7 Å². The molecule has 4 heterocycles. The molecular weight excluding hydrogens is 630 g/mol. The highest BCUT2D eigenvalue weighted by molar-refractivity contribution is 6.01. The van der Waals surface area contributed by atoms with Crippen molar-refractivity contribution in [1.29, 1.82) is 0 Å². The van der Waals surface area contributed by atoms with Crippen LogP contribution in [0.2, 0.25) is 0 Å². The van der Waals surface area contributed by atoms with Gasteiger partial charge in [-0.15, -0.1) is 0 Å². The number of para-hydroxylation sites is 1. The van der Waals surface area contributed by atoms with Crippen LogP contribution >= 0.6 is 0 Å². The van der Waals surface area contributed by atoms with Crippen molar-refractivity contribution in [3.05, 3.63) is 83.4 Å². The van der Waals surface area contributed by atoms with Gasteiger partial charge in [-0.1, -0.05) is 18.2 Å². The Kier molecular flexibility index (Phi) is 6.51. The second kappa shape index (κ2) is 10.9. The standard InChI is InChI=1S/C40H39N5O5/c1-50-34-16-28(39(47)44-21-29-12-27-15-32(44)35(27)29)13-30-36(34)45(20-23-17-42(18-23)38(46)24-8-10-25(11-9-24)40(48)49)37(41-30)33-14-26-4-2-3-5-31(26)43(33)19-22-6-7-22/h2-5,8-11,13-14,16,22-23,27,29,32,35H,6-7,12,15,17-21H2,1H3,(H,48,49)/t27?,29?,32?,35-/m1/s1. The first kappa shape index (κ1) is 29.8. The fourth-order valence-corrected chi connectivity index (χ4v) is 9.44. The maximum atomic E-state index is 14.0. The molecule has 254 valence electrons.